The second-order valence-electron chi connectivity index (χ2n) is 9.79. The first-order valence-corrected chi connectivity index (χ1v) is 12.3. The molecule has 38 heavy (non-hydrogen) atoms. The molecular weight excluding hydrogens is 504 g/mol. The third kappa shape index (κ3) is 6.70. The fourth-order valence-electron chi connectivity index (χ4n) is 4.40. The molecule has 0 aromatic carbocycles. The number of ether oxygens (including phenoxy) is 5. The lowest BCUT2D eigenvalue weighted by molar-refractivity contribution is -0.340. The van der Waals surface area contributed by atoms with Crippen LogP contribution in [0.15, 0.2) is 48.8 Å². The number of esters is 2. The van der Waals surface area contributed by atoms with Crippen LogP contribution in [0.25, 0.3) is 0 Å². The van der Waals surface area contributed by atoms with E-state index in [9.17, 15) is 35.1 Å². The molecule has 2 fully saturated rings. The summed E-state index contributed by atoms with van der Waals surface area (Å²) >= 11 is 0. The first-order valence-electron chi connectivity index (χ1n) is 12.3. The predicted octanol–water partition coefficient (Wildman–Crippen LogP) is -0.0588. The van der Waals surface area contributed by atoms with Gasteiger partial charge >= 0.3 is 11.9 Å². The van der Waals surface area contributed by atoms with Crippen molar-refractivity contribution in [1.82, 2.24) is 0 Å². The Balaban J connectivity index is 1.67. The molecule has 0 aromatic heterocycles. The smallest absolute Gasteiger partial charge is 0.340 e. The summed E-state index contributed by atoms with van der Waals surface area (Å²) < 4.78 is 27.3. The van der Waals surface area contributed by atoms with Gasteiger partial charge in [-0.25, -0.2) is 9.59 Å². The maximum atomic E-state index is 12.6. The molecule has 3 rings (SSSR count). The third-order valence-electron chi connectivity index (χ3n) is 6.92. The molecule has 212 valence electrons. The second-order valence-corrected chi connectivity index (χ2v) is 9.79. The van der Waals surface area contributed by atoms with E-state index in [0.717, 1.165) is 6.26 Å². The number of aliphatic hydroxyl groups excluding tert-OH is 4. The molecule has 0 amide bonds. The molecule has 0 radical (unpaired) electrons. The van der Waals surface area contributed by atoms with Crippen LogP contribution in [-0.2, 0) is 33.3 Å². The number of fused-ring (bicyclic) bond motifs is 1. The number of rotatable bonds is 10. The molecule has 0 aromatic rings. The summed E-state index contributed by atoms with van der Waals surface area (Å²) in [5, 5.41) is 49.7. The van der Waals surface area contributed by atoms with Gasteiger partial charge in [0.25, 0.3) is 0 Å². The average molecular weight is 541 g/mol. The fraction of sp³-hybridized carbons (Fsp3) is 0.615. The highest BCUT2D eigenvalue weighted by Gasteiger charge is 2.49. The first-order chi connectivity index (χ1) is 17.9. The normalized spacial score (nSPS) is 37.0. The van der Waals surface area contributed by atoms with E-state index in [1.165, 1.54) is 12.2 Å². The Kier molecular flexibility index (Phi) is 9.87. The molecule has 0 aliphatic carbocycles. The first kappa shape index (κ1) is 30.0. The van der Waals surface area contributed by atoms with Crippen molar-refractivity contribution in [2.24, 2.45) is 11.8 Å². The average Bonchev–Trinajstić information content (AvgIpc) is 2.88. The Morgan fingerprint density at radius 3 is 2.55 bits per heavy atom. The molecule has 0 saturated carbocycles. The van der Waals surface area contributed by atoms with Gasteiger partial charge in [0.05, 0.1) is 24.0 Å². The molecule has 12 heteroatoms. The van der Waals surface area contributed by atoms with Crippen LogP contribution >= 0.6 is 0 Å². The number of hydrogen-bond donors (Lipinski definition) is 5. The topological polar surface area (TPSA) is 181 Å². The number of aliphatic hydroxyl groups is 5. The van der Waals surface area contributed by atoms with Gasteiger partial charge in [-0.05, 0) is 26.7 Å². The van der Waals surface area contributed by atoms with Crippen molar-refractivity contribution >= 4 is 11.9 Å². The Hall–Kier alpha value is -2.58. The third-order valence-corrected chi connectivity index (χ3v) is 6.92. The molecule has 0 bridgehead atoms. The van der Waals surface area contributed by atoms with Crippen molar-refractivity contribution in [2.75, 3.05) is 6.61 Å². The summed E-state index contributed by atoms with van der Waals surface area (Å²) in [6, 6.07) is 0. The van der Waals surface area contributed by atoms with E-state index >= 15 is 0 Å². The van der Waals surface area contributed by atoms with E-state index in [1.54, 1.807) is 19.9 Å². The van der Waals surface area contributed by atoms with Gasteiger partial charge in [0, 0.05) is 23.8 Å². The summed E-state index contributed by atoms with van der Waals surface area (Å²) in [6.07, 6.45) is -3.37. The maximum absolute atomic E-state index is 12.6. The van der Waals surface area contributed by atoms with E-state index < -0.39 is 79.3 Å². The van der Waals surface area contributed by atoms with Gasteiger partial charge in [-0.1, -0.05) is 18.2 Å². The van der Waals surface area contributed by atoms with Crippen molar-refractivity contribution in [1.29, 1.82) is 0 Å². The Bertz CT molecular complexity index is 954. The summed E-state index contributed by atoms with van der Waals surface area (Å²) in [6.45, 7) is 9.86. The van der Waals surface area contributed by atoms with Crippen molar-refractivity contribution in [2.45, 2.75) is 82.0 Å². The number of carbonyl (C=O) groups is 2. The zero-order valence-corrected chi connectivity index (χ0v) is 21.3. The molecule has 3 aliphatic heterocycles. The minimum Gasteiger partial charge on any atom is -0.471 e. The molecule has 0 unspecified atom stereocenters. The van der Waals surface area contributed by atoms with Crippen molar-refractivity contribution in [3.8, 4) is 0 Å². The molecular formula is C26H36O12. The lowest BCUT2D eigenvalue weighted by Crippen LogP contribution is -2.60. The monoisotopic (exact) mass is 540 g/mol. The van der Waals surface area contributed by atoms with Crippen LogP contribution in [0.2, 0.25) is 0 Å². The van der Waals surface area contributed by atoms with Crippen molar-refractivity contribution in [3.63, 3.8) is 0 Å². The van der Waals surface area contributed by atoms with Gasteiger partial charge in [-0.3, -0.25) is 0 Å². The van der Waals surface area contributed by atoms with Gasteiger partial charge in [0.15, 0.2) is 6.29 Å². The van der Waals surface area contributed by atoms with Crippen LogP contribution in [0.4, 0.5) is 0 Å². The van der Waals surface area contributed by atoms with Gasteiger partial charge in [0.2, 0.25) is 12.6 Å². The fourth-order valence-corrected chi connectivity index (χ4v) is 4.40. The predicted molar refractivity (Wildman–Crippen MR) is 129 cm³/mol. The van der Waals surface area contributed by atoms with Crippen molar-refractivity contribution < 1.29 is 58.8 Å². The number of carbonyl (C=O) groups excluding carboxylic acids is 2. The molecule has 3 heterocycles. The van der Waals surface area contributed by atoms with Crippen LogP contribution in [0.3, 0.4) is 0 Å². The van der Waals surface area contributed by atoms with Crippen molar-refractivity contribution in [3.05, 3.63) is 48.8 Å². The Labute approximate surface area is 220 Å². The maximum Gasteiger partial charge on any atom is 0.340 e. The second kappa shape index (κ2) is 12.5. The highest BCUT2D eigenvalue weighted by atomic mass is 16.8. The number of hydrogen-bond acceptors (Lipinski definition) is 12. The molecule has 3 aliphatic rings. The molecule has 5 N–H and O–H groups in total. The van der Waals surface area contributed by atoms with E-state index in [-0.39, 0.29) is 17.6 Å². The molecule has 0 spiro atoms. The van der Waals surface area contributed by atoms with Crippen LogP contribution in [-0.4, -0.2) is 93.0 Å². The van der Waals surface area contributed by atoms with Gasteiger partial charge in [-0.2, -0.15) is 0 Å². The van der Waals surface area contributed by atoms with Crippen LogP contribution in [0.5, 0.6) is 0 Å². The largest absolute Gasteiger partial charge is 0.471 e. The quantitative estimate of drug-likeness (QED) is 0.142. The lowest BCUT2D eigenvalue weighted by atomic mass is 9.80. The summed E-state index contributed by atoms with van der Waals surface area (Å²) in [7, 11) is 0. The SMILES string of the molecule is C=C[C@H]1[C@@H](O[C@@H]2O[C@@H](CO)[C@H](O)[C@@H](O)[C@H]2O)OC=C2C(=O)O[C@@H](OC(=O)/C(C)=C/CC[C@](C)(O)C=C)C[C@H]21. The molecule has 10 atom stereocenters. The number of allylic oxidation sites excluding steroid dienone is 1. The minimum atomic E-state index is -1.65. The lowest BCUT2D eigenvalue weighted by Gasteiger charge is -2.44. The van der Waals surface area contributed by atoms with Gasteiger partial charge < -0.3 is 49.2 Å². The van der Waals surface area contributed by atoms with E-state index in [0.29, 0.717) is 12.8 Å². The zero-order valence-electron chi connectivity index (χ0n) is 21.3. The summed E-state index contributed by atoms with van der Waals surface area (Å²) in [5.74, 6) is -2.72. The zero-order chi connectivity index (χ0) is 28.2. The van der Waals surface area contributed by atoms with Crippen LogP contribution in [0, 0.1) is 11.8 Å². The summed E-state index contributed by atoms with van der Waals surface area (Å²) in [5.41, 5.74) is -0.618. The van der Waals surface area contributed by atoms with E-state index in [4.69, 9.17) is 23.7 Å². The molecule has 2 saturated heterocycles. The standard InChI is InChI=1S/C26H36O12/c1-5-14-15-10-18(36-22(31)13(3)8-7-9-26(4,33)6-2)37-23(32)16(15)12-34-24(14)38-25-21(30)20(29)19(28)17(11-27)35-25/h5-6,8,12,14-15,17-21,24-25,27-30,33H,1-2,7,9-11H2,3-4H3/b13-8+/t14-,15+,17+,18-,19+,20-,21-,24-,25+,26-/m1/s1. The molecule has 12 nitrogen and oxygen atoms in total. The summed E-state index contributed by atoms with van der Waals surface area (Å²) in [4.78, 5) is 25.2. The number of cyclic esters (lactones) is 1. The Morgan fingerprint density at radius 2 is 1.92 bits per heavy atom. The minimum absolute atomic E-state index is 0.0658. The van der Waals surface area contributed by atoms with E-state index in [2.05, 4.69) is 13.2 Å². The Morgan fingerprint density at radius 1 is 1.21 bits per heavy atom. The van der Waals surface area contributed by atoms with Gasteiger partial charge in [0.1, 0.15) is 24.4 Å². The van der Waals surface area contributed by atoms with Gasteiger partial charge in [-0.15, -0.1) is 13.2 Å². The van der Waals surface area contributed by atoms with E-state index in [1.807, 2.05) is 0 Å². The van der Waals surface area contributed by atoms with Crippen LogP contribution < -0.4 is 0 Å². The van der Waals surface area contributed by atoms with Crippen LogP contribution in [0.1, 0.15) is 33.1 Å². The highest BCUT2D eigenvalue weighted by molar-refractivity contribution is 5.91. The highest BCUT2D eigenvalue weighted by Crippen LogP contribution is 2.40.